The quantitative estimate of drug-likeness (QED) is 0.661. The maximum atomic E-state index is 12.5. The molecule has 0 saturated carbocycles. The van der Waals surface area contributed by atoms with Crippen molar-refractivity contribution < 1.29 is 17.9 Å². The average Bonchev–Trinajstić information content (AvgIpc) is 3.25. The van der Waals surface area contributed by atoms with Gasteiger partial charge in [-0.05, 0) is 49.6 Å². The second-order valence-corrected chi connectivity index (χ2v) is 9.24. The summed E-state index contributed by atoms with van der Waals surface area (Å²) in [5.41, 5.74) is 2.56. The Morgan fingerprint density at radius 2 is 1.83 bits per heavy atom. The summed E-state index contributed by atoms with van der Waals surface area (Å²) in [5, 5.41) is 2.81. The Bertz CT molecular complexity index is 955. The number of sulfonamides is 1. The fourth-order valence-electron chi connectivity index (χ4n) is 3.48. The average molecular weight is 432 g/mol. The third kappa shape index (κ3) is 5.89. The number of ether oxygens (including phenoxy) is 1. The van der Waals surface area contributed by atoms with E-state index in [1.54, 1.807) is 24.3 Å². The van der Waals surface area contributed by atoms with E-state index in [9.17, 15) is 13.2 Å². The van der Waals surface area contributed by atoms with Crippen LogP contribution in [0, 0.1) is 0 Å². The van der Waals surface area contributed by atoms with E-state index in [4.69, 9.17) is 4.74 Å². The summed E-state index contributed by atoms with van der Waals surface area (Å²) in [4.78, 5) is 14.8. The molecule has 2 aromatic rings. The van der Waals surface area contributed by atoms with Crippen LogP contribution in [-0.4, -0.2) is 46.8 Å². The van der Waals surface area contributed by atoms with Gasteiger partial charge in [0.1, 0.15) is 12.3 Å². The molecule has 8 heteroatoms. The van der Waals surface area contributed by atoms with Crippen LogP contribution >= 0.6 is 0 Å². The number of amides is 1. The van der Waals surface area contributed by atoms with Crippen LogP contribution in [0.25, 0.3) is 0 Å². The minimum atomic E-state index is -3.63. The Morgan fingerprint density at radius 1 is 1.13 bits per heavy atom. The molecule has 1 fully saturated rings. The topological polar surface area (TPSA) is 79.0 Å². The minimum Gasteiger partial charge on any atom is -0.494 e. The van der Waals surface area contributed by atoms with Crippen LogP contribution in [0.2, 0.25) is 0 Å². The first-order chi connectivity index (χ1) is 14.4. The lowest BCUT2D eigenvalue weighted by atomic mass is 10.2. The van der Waals surface area contributed by atoms with Crippen molar-refractivity contribution in [2.24, 2.45) is 0 Å². The third-order valence-corrected chi connectivity index (χ3v) is 6.14. The lowest BCUT2D eigenvalue weighted by Gasteiger charge is -2.22. The molecule has 0 atom stereocenters. The molecule has 162 valence electrons. The molecule has 0 aromatic heterocycles. The van der Waals surface area contributed by atoms with Crippen LogP contribution < -0.4 is 19.3 Å². The van der Waals surface area contributed by atoms with Crippen LogP contribution in [0.15, 0.2) is 48.5 Å². The van der Waals surface area contributed by atoms with E-state index in [0.29, 0.717) is 24.6 Å². The van der Waals surface area contributed by atoms with E-state index in [2.05, 4.69) is 22.3 Å². The number of hydrogen-bond donors (Lipinski definition) is 1. The summed E-state index contributed by atoms with van der Waals surface area (Å²) in [5.74, 6) is 0.188. The number of nitrogens with zero attached hydrogens (tertiary/aromatic N) is 2. The van der Waals surface area contributed by atoms with Crippen LogP contribution in [0.4, 0.5) is 11.4 Å². The molecule has 0 unspecified atom stereocenters. The Labute approximate surface area is 178 Å². The Morgan fingerprint density at radius 3 is 2.47 bits per heavy atom. The molecular formula is C22H29N3O4S. The lowest BCUT2D eigenvalue weighted by molar-refractivity contribution is -0.119. The Kier molecular flexibility index (Phi) is 7.20. The van der Waals surface area contributed by atoms with Gasteiger partial charge in [0.05, 0.1) is 18.6 Å². The van der Waals surface area contributed by atoms with Crippen molar-refractivity contribution in [2.45, 2.75) is 26.3 Å². The van der Waals surface area contributed by atoms with Gasteiger partial charge in [-0.3, -0.25) is 9.10 Å². The molecule has 3 rings (SSSR count). The van der Waals surface area contributed by atoms with E-state index in [1.165, 1.54) is 18.5 Å². The number of anilines is 2. The van der Waals surface area contributed by atoms with Gasteiger partial charge >= 0.3 is 0 Å². The van der Waals surface area contributed by atoms with Crippen LogP contribution in [0.5, 0.6) is 5.75 Å². The molecule has 7 nitrogen and oxygen atoms in total. The first kappa shape index (κ1) is 22.0. The maximum absolute atomic E-state index is 12.5. The van der Waals surface area contributed by atoms with Crippen molar-refractivity contribution in [3.8, 4) is 5.75 Å². The van der Waals surface area contributed by atoms with Gasteiger partial charge in [0.15, 0.2) is 0 Å². The number of rotatable bonds is 9. The summed E-state index contributed by atoms with van der Waals surface area (Å²) >= 11 is 0. The molecule has 1 saturated heterocycles. The molecule has 1 N–H and O–H groups in total. The fourth-order valence-corrected chi connectivity index (χ4v) is 4.33. The number of nitrogens with one attached hydrogen (secondary N) is 1. The Balaban J connectivity index is 1.61. The largest absolute Gasteiger partial charge is 0.494 e. The van der Waals surface area contributed by atoms with E-state index in [-0.39, 0.29) is 12.5 Å². The highest BCUT2D eigenvalue weighted by atomic mass is 32.2. The van der Waals surface area contributed by atoms with Crippen molar-refractivity contribution in [3.63, 3.8) is 0 Å². The van der Waals surface area contributed by atoms with E-state index in [0.717, 1.165) is 29.2 Å². The van der Waals surface area contributed by atoms with Crippen LogP contribution in [0.3, 0.4) is 0 Å². The number of hydrogen-bond acceptors (Lipinski definition) is 5. The van der Waals surface area contributed by atoms with Crippen molar-refractivity contribution >= 4 is 27.3 Å². The lowest BCUT2D eigenvalue weighted by Crippen LogP contribution is -2.40. The SMILES string of the molecule is CCOc1cccc(N(CC(=O)NCc2ccc(N3CCCC3)cc2)S(C)(=O)=O)c1. The third-order valence-electron chi connectivity index (χ3n) is 5.00. The maximum Gasteiger partial charge on any atom is 0.241 e. The van der Waals surface area contributed by atoms with Crippen molar-refractivity contribution in [3.05, 3.63) is 54.1 Å². The highest BCUT2D eigenvalue weighted by molar-refractivity contribution is 7.92. The molecular weight excluding hydrogens is 402 g/mol. The zero-order valence-electron chi connectivity index (χ0n) is 17.5. The number of benzene rings is 2. The molecule has 1 aliphatic rings. The highest BCUT2D eigenvalue weighted by Gasteiger charge is 2.21. The molecule has 0 radical (unpaired) electrons. The summed E-state index contributed by atoms with van der Waals surface area (Å²) < 4.78 is 31.1. The summed E-state index contributed by atoms with van der Waals surface area (Å²) in [7, 11) is -3.63. The molecule has 1 heterocycles. The van der Waals surface area contributed by atoms with Gasteiger partial charge in [-0.15, -0.1) is 0 Å². The highest BCUT2D eigenvalue weighted by Crippen LogP contribution is 2.23. The molecule has 0 spiro atoms. The molecule has 0 aliphatic carbocycles. The van der Waals surface area contributed by atoms with Gasteiger partial charge in [-0.2, -0.15) is 0 Å². The summed E-state index contributed by atoms with van der Waals surface area (Å²) in [6, 6.07) is 14.8. The van der Waals surface area contributed by atoms with Crippen molar-refractivity contribution in [1.29, 1.82) is 0 Å². The standard InChI is InChI=1S/C22H29N3O4S/c1-3-29-21-8-6-7-20(15-21)25(30(2,27)28)17-22(26)23-16-18-9-11-19(12-10-18)24-13-4-5-14-24/h6-12,15H,3-5,13-14,16-17H2,1-2H3,(H,23,26). The molecule has 0 bridgehead atoms. The van der Waals surface area contributed by atoms with E-state index >= 15 is 0 Å². The number of carbonyl (C=O) groups excluding carboxylic acids is 1. The van der Waals surface area contributed by atoms with Crippen LogP contribution in [-0.2, 0) is 21.4 Å². The Hall–Kier alpha value is -2.74. The molecule has 2 aromatic carbocycles. The molecule has 1 aliphatic heterocycles. The van der Waals surface area contributed by atoms with Gasteiger partial charge in [0.2, 0.25) is 15.9 Å². The van der Waals surface area contributed by atoms with Crippen LogP contribution in [0.1, 0.15) is 25.3 Å². The molecule has 1 amide bonds. The second kappa shape index (κ2) is 9.84. The predicted octanol–water partition coefficient (Wildman–Crippen LogP) is 2.77. The van der Waals surface area contributed by atoms with Gasteiger partial charge in [-0.25, -0.2) is 8.42 Å². The van der Waals surface area contributed by atoms with Crippen molar-refractivity contribution in [2.75, 3.05) is 41.7 Å². The number of carbonyl (C=O) groups is 1. The summed E-state index contributed by atoms with van der Waals surface area (Å²) in [6.45, 7) is 4.55. The first-order valence-corrected chi connectivity index (χ1v) is 12.0. The predicted molar refractivity (Wildman–Crippen MR) is 120 cm³/mol. The minimum absolute atomic E-state index is 0.291. The van der Waals surface area contributed by atoms with Crippen molar-refractivity contribution in [1.82, 2.24) is 5.32 Å². The van der Waals surface area contributed by atoms with Gasteiger partial charge in [-0.1, -0.05) is 18.2 Å². The second-order valence-electron chi connectivity index (χ2n) is 7.34. The zero-order valence-corrected chi connectivity index (χ0v) is 18.3. The molecule has 30 heavy (non-hydrogen) atoms. The van der Waals surface area contributed by atoms with E-state index < -0.39 is 10.0 Å². The van der Waals surface area contributed by atoms with E-state index in [1.807, 2.05) is 19.1 Å². The van der Waals surface area contributed by atoms with Gasteiger partial charge in [0, 0.05) is 31.4 Å². The zero-order chi connectivity index (χ0) is 21.6. The fraction of sp³-hybridized carbons (Fsp3) is 0.409. The normalized spacial score (nSPS) is 13.9. The first-order valence-electron chi connectivity index (χ1n) is 10.2. The van der Waals surface area contributed by atoms with Gasteiger partial charge < -0.3 is 15.0 Å². The smallest absolute Gasteiger partial charge is 0.241 e. The van der Waals surface area contributed by atoms with Gasteiger partial charge in [0.25, 0.3) is 0 Å². The summed E-state index contributed by atoms with van der Waals surface area (Å²) in [6.07, 6.45) is 3.54. The monoisotopic (exact) mass is 431 g/mol.